The Morgan fingerprint density at radius 3 is 2.45 bits per heavy atom. The number of aliphatic hydroxyl groups is 1. The summed E-state index contributed by atoms with van der Waals surface area (Å²) < 4.78 is 0.931. The van der Waals surface area contributed by atoms with E-state index in [1.54, 1.807) is 24.4 Å². The van der Waals surface area contributed by atoms with Crippen LogP contribution < -0.4 is 5.32 Å². The maximum atomic E-state index is 12.1. The first-order chi connectivity index (χ1) is 9.58. The van der Waals surface area contributed by atoms with E-state index in [0.717, 1.165) is 10.0 Å². The topological polar surface area (TPSA) is 62.2 Å². The Bertz CT molecular complexity index is 573. The van der Waals surface area contributed by atoms with Crippen LogP contribution in [0, 0.1) is 0 Å². The highest BCUT2D eigenvalue weighted by atomic mass is 79.9. The van der Waals surface area contributed by atoms with E-state index in [-0.39, 0.29) is 5.91 Å². The van der Waals surface area contributed by atoms with E-state index in [1.165, 1.54) is 0 Å². The summed E-state index contributed by atoms with van der Waals surface area (Å²) in [6, 6.07) is 11.9. The monoisotopic (exact) mass is 398 g/mol. The van der Waals surface area contributed by atoms with Crippen LogP contribution in [0.25, 0.3) is 0 Å². The Balaban J connectivity index is 2.18. The standard InChI is InChI=1S/C14H12Br2N2O2/c15-10-6-4-9(5-7-10)12(13(16)19)18-14(20)11-3-1-2-8-17-11/h1-8,12-13,19H,(H,18,20). The molecule has 0 aliphatic carbocycles. The van der Waals surface area contributed by atoms with Crippen molar-refractivity contribution in [2.75, 3.05) is 0 Å². The maximum Gasteiger partial charge on any atom is 0.270 e. The van der Waals surface area contributed by atoms with Gasteiger partial charge in [0.05, 0.1) is 6.04 Å². The Hall–Kier alpha value is -1.24. The van der Waals surface area contributed by atoms with Gasteiger partial charge in [-0.1, -0.05) is 50.1 Å². The molecule has 0 aliphatic heterocycles. The number of rotatable bonds is 4. The second-order valence-electron chi connectivity index (χ2n) is 4.09. The number of nitrogens with one attached hydrogen (secondary N) is 1. The summed E-state index contributed by atoms with van der Waals surface area (Å²) in [5, 5.41) is 11.7. The number of carbonyl (C=O) groups excluding carboxylic acids is 1. The molecule has 1 aromatic heterocycles. The first-order valence-electron chi connectivity index (χ1n) is 5.87. The summed E-state index contributed by atoms with van der Waals surface area (Å²) in [6.07, 6.45) is 1.55. The lowest BCUT2D eigenvalue weighted by atomic mass is 10.1. The van der Waals surface area contributed by atoms with Crippen molar-refractivity contribution in [3.63, 3.8) is 0 Å². The van der Waals surface area contributed by atoms with Gasteiger partial charge in [-0.2, -0.15) is 0 Å². The minimum atomic E-state index is -0.892. The summed E-state index contributed by atoms with van der Waals surface area (Å²) in [5.74, 6) is -0.336. The zero-order chi connectivity index (χ0) is 14.5. The van der Waals surface area contributed by atoms with Gasteiger partial charge in [0.25, 0.3) is 5.91 Å². The van der Waals surface area contributed by atoms with Crippen molar-refractivity contribution in [1.82, 2.24) is 10.3 Å². The van der Waals surface area contributed by atoms with Crippen LogP contribution in [0.1, 0.15) is 22.1 Å². The molecule has 1 amide bonds. The van der Waals surface area contributed by atoms with Crippen molar-refractivity contribution < 1.29 is 9.90 Å². The van der Waals surface area contributed by atoms with Gasteiger partial charge in [0.15, 0.2) is 0 Å². The zero-order valence-electron chi connectivity index (χ0n) is 10.3. The summed E-state index contributed by atoms with van der Waals surface area (Å²) >= 11 is 6.45. The number of benzene rings is 1. The third kappa shape index (κ3) is 3.88. The van der Waals surface area contributed by atoms with E-state index in [9.17, 15) is 9.90 Å². The molecule has 0 aliphatic rings. The Morgan fingerprint density at radius 1 is 1.20 bits per heavy atom. The van der Waals surface area contributed by atoms with Crippen LogP contribution in [0.4, 0.5) is 0 Å². The summed E-state index contributed by atoms with van der Waals surface area (Å²) in [7, 11) is 0. The smallest absolute Gasteiger partial charge is 0.270 e. The molecule has 0 saturated heterocycles. The predicted molar refractivity (Wildman–Crippen MR) is 83.5 cm³/mol. The average Bonchev–Trinajstić information content (AvgIpc) is 2.46. The zero-order valence-corrected chi connectivity index (χ0v) is 13.5. The first kappa shape index (κ1) is 15.2. The van der Waals surface area contributed by atoms with Crippen molar-refractivity contribution in [1.29, 1.82) is 0 Å². The SMILES string of the molecule is O=C(NC(c1ccc(Br)cc1)C(O)Br)c1ccccn1. The molecule has 104 valence electrons. The molecule has 2 N–H and O–H groups in total. The van der Waals surface area contributed by atoms with E-state index in [0.29, 0.717) is 5.69 Å². The molecule has 4 nitrogen and oxygen atoms in total. The van der Waals surface area contributed by atoms with Gasteiger partial charge in [-0.3, -0.25) is 9.78 Å². The van der Waals surface area contributed by atoms with Gasteiger partial charge in [-0.15, -0.1) is 0 Å². The molecule has 0 bridgehead atoms. The first-order valence-corrected chi connectivity index (χ1v) is 7.58. The minimum absolute atomic E-state index is 0.308. The normalized spacial score (nSPS) is 13.6. The number of aliphatic hydroxyl groups excluding tert-OH is 1. The van der Waals surface area contributed by atoms with Gasteiger partial charge in [-0.25, -0.2) is 0 Å². The number of alkyl halides is 1. The molecule has 20 heavy (non-hydrogen) atoms. The molecule has 6 heteroatoms. The number of carbonyl (C=O) groups is 1. The summed E-state index contributed by atoms with van der Waals surface area (Å²) in [4.78, 5) is 16.1. The molecule has 0 spiro atoms. The van der Waals surface area contributed by atoms with Crippen LogP contribution in [-0.2, 0) is 0 Å². The highest BCUT2D eigenvalue weighted by molar-refractivity contribution is 9.10. The fourth-order valence-electron chi connectivity index (χ4n) is 1.69. The lowest BCUT2D eigenvalue weighted by Gasteiger charge is -2.20. The highest BCUT2D eigenvalue weighted by Gasteiger charge is 2.22. The minimum Gasteiger partial charge on any atom is -0.379 e. The molecule has 2 atom stereocenters. The number of halogens is 2. The van der Waals surface area contributed by atoms with Crippen LogP contribution in [0.5, 0.6) is 0 Å². The van der Waals surface area contributed by atoms with Gasteiger partial charge in [-0.05, 0) is 29.8 Å². The number of amides is 1. The molecule has 1 heterocycles. The molecule has 0 saturated carbocycles. The highest BCUT2D eigenvalue weighted by Crippen LogP contribution is 2.23. The van der Waals surface area contributed by atoms with Crippen LogP contribution in [-0.4, -0.2) is 21.0 Å². The number of nitrogens with zero attached hydrogens (tertiary/aromatic N) is 1. The molecule has 2 unspecified atom stereocenters. The third-order valence-electron chi connectivity index (χ3n) is 2.69. The number of aromatic nitrogens is 1. The Labute approximate surface area is 133 Å². The molecule has 0 fully saturated rings. The average molecular weight is 400 g/mol. The largest absolute Gasteiger partial charge is 0.379 e. The van der Waals surface area contributed by atoms with E-state index in [1.807, 2.05) is 24.3 Å². The number of hydrogen-bond acceptors (Lipinski definition) is 3. The molecule has 2 rings (SSSR count). The van der Waals surface area contributed by atoms with Crippen LogP contribution >= 0.6 is 31.9 Å². The van der Waals surface area contributed by atoms with E-state index in [2.05, 4.69) is 42.2 Å². The van der Waals surface area contributed by atoms with Gasteiger partial charge in [0, 0.05) is 10.7 Å². The third-order valence-corrected chi connectivity index (χ3v) is 3.75. The van der Waals surface area contributed by atoms with Crippen molar-refractivity contribution >= 4 is 37.8 Å². The quantitative estimate of drug-likeness (QED) is 0.776. The van der Waals surface area contributed by atoms with Crippen molar-refractivity contribution in [2.45, 2.75) is 11.1 Å². The lowest BCUT2D eigenvalue weighted by Crippen LogP contribution is -2.34. The van der Waals surface area contributed by atoms with E-state index >= 15 is 0 Å². The van der Waals surface area contributed by atoms with Gasteiger partial charge in [0.1, 0.15) is 10.7 Å². The van der Waals surface area contributed by atoms with E-state index < -0.39 is 11.1 Å². The Kier molecular flexibility index (Phi) is 5.28. The number of pyridine rings is 1. The van der Waals surface area contributed by atoms with Gasteiger partial charge < -0.3 is 10.4 Å². The van der Waals surface area contributed by atoms with Crippen molar-refractivity contribution in [3.05, 3.63) is 64.4 Å². The van der Waals surface area contributed by atoms with E-state index in [4.69, 9.17) is 0 Å². The van der Waals surface area contributed by atoms with Crippen LogP contribution in [0.3, 0.4) is 0 Å². The van der Waals surface area contributed by atoms with Crippen LogP contribution in [0.2, 0.25) is 0 Å². The predicted octanol–water partition coefficient (Wildman–Crippen LogP) is 3.03. The second kappa shape index (κ2) is 6.97. The van der Waals surface area contributed by atoms with Crippen molar-refractivity contribution in [2.24, 2.45) is 0 Å². The molecule has 1 aromatic carbocycles. The molecule has 2 aromatic rings. The number of hydrogen-bond donors (Lipinski definition) is 2. The summed E-state index contributed by atoms with van der Waals surface area (Å²) in [6.45, 7) is 0. The second-order valence-corrected chi connectivity index (χ2v) is 5.94. The molecular formula is C14H12Br2N2O2. The molecular weight excluding hydrogens is 388 g/mol. The fourth-order valence-corrected chi connectivity index (χ4v) is 2.39. The van der Waals surface area contributed by atoms with Gasteiger partial charge in [0.2, 0.25) is 0 Å². The maximum absolute atomic E-state index is 12.1. The van der Waals surface area contributed by atoms with Gasteiger partial charge >= 0.3 is 0 Å². The summed E-state index contributed by atoms with van der Waals surface area (Å²) in [5.41, 5.74) is 1.10. The van der Waals surface area contributed by atoms with Crippen LogP contribution in [0.15, 0.2) is 53.1 Å². The Morgan fingerprint density at radius 2 is 1.90 bits per heavy atom. The van der Waals surface area contributed by atoms with Crippen molar-refractivity contribution in [3.8, 4) is 0 Å². The molecule has 0 radical (unpaired) electrons. The fraction of sp³-hybridized carbons (Fsp3) is 0.143. The lowest BCUT2D eigenvalue weighted by molar-refractivity contribution is 0.0902.